The fourth-order valence-electron chi connectivity index (χ4n) is 3.84. The predicted molar refractivity (Wildman–Crippen MR) is 111 cm³/mol. The lowest BCUT2D eigenvalue weighted by molar-refractivity contribution is -0.133. The first kappa shape index (κ1) is 21.3. The molecule has 0 aromatic carbocycles. The molecule has 2 aromatic rings. The average molecular weight is 437 g/mol. The Labute approximate surface area is 184 Å². The summed E-state index contributed by atoms with van der Waals surface area (Å²) in [6.07, 6.45) is 8.49. The second-order valence-electron chi connectivity index (χ2n) is 7.59. The Morgan fingerprint density at radius 2 is 1.91 bits per heavy atom. The third-order valence-corrected chi connectivity index (χ3v) is 5.52. The summed E-state index contributed by atoms with van der Waals surface area (Å²) >= 11 is 0. The molecule has 0 bridgehead atoms. The molecule has 0 radical (unpaired) electrons. The van der Waals surface area contributed by atoms with Crippen LogP contribution in [0.3, 0.4) is 0 Å². The quantitative estimate of drug-likeness (QED) is 0.641. The van der Waals surface area contributed by atoms with Crippen LogP contribution in [0.4, 0.5) is 0 Å². The maximum atomic E-state index is 13.2. The van der Waals surface area contributed by atoms with Gasteiger partial charge in [0.2, 0.25) is 11.8 Å². The van der Waals surface area contributed by atoms with Crippen LogP contribution in [0.2, 0.25) is 0 Å². The van der Waals surface area contributed by atoms with Gasteiger partial charge in [-0.2, -0.15) is 0 Å². The molecule has 0 saturated carbocycles. The minimum absolute atomic E-state index is 0.0262. The van der Waals surface area contributed by atoms with Gasteiger partial charge in [0.1, 0.15) is 17.8 Å². The largest absolute Gasteiger partial charge is 0.354 e. The highest BCUT2D eigenvalue weighted by atomic mass is 16.2. The van der Waals surface area contributed by atoms with E-state index in [-0.39, 0.29) is 43.0 Å². The van der Waals surface area contributed by atoms with Crippen LogP contribution in [0.5, 0.6) is 0 Å². The first-order chi connectivity index (χ1) is 15.5. The third kappa shape index (κ3) is 4.56. The number of rotatable bonds is 4. The van der Waals surface area contributed by atoms with Crippen LogP contribution in [-0.2, 0) is 9.59 Å². The minimum atomic E-state index is -0.966. The van der Waals surface area contributed by atoms with Gasteiger partial charge in [-0.1, -0.05) is 0 Å². The van der Waals surface area contributed by atoms with E-state index in [1.165, 1.54) is 34.6 Å². The highest BCUT2D eigenvalue weighted by Gasteiger charge is 2.39. The van der Waals surface area contributed by atoms with Crippen molar-refractivity contribution in [2.24, 2.45) is 0 Å². The van der Waals surface area contributed by atoms with E-state index in [0.717, 1.165) is 6.42 Å². The molecule has 166 valence electrons. The van der Waals surface area contributed by atoms with Crippen LogP contribution in [0.1, 0.15) is 33.7 Å². The van der Waals surface area contributed by atoms with Crippen molar-refractivity contribution in [3.05, 3.63) is 54.4 Å². The maximum Gasteiger partial charge on any atom is 0.274 e. The van der Waals surface area contributed by atoms with Crippen molar-refractivity contribution in [3.63, 3.8) is 0 Å². The van der Waals surface area contributed by atoms with Crippen molar-refractivity contribution in [3.8, 4) is 0 Å². The van der Waals surface area contributed by atoms with Gasteiger partial charge >= 0.3 is 0 Å². The number of nitrogens with one attached hydrogen (secondary N) is 2. The monoisotopic (exact) mass is 437 g/mol. The molecular weight excluding hydrogens is 414 g/mol. The zero-order valence-electron chi connectivity index (χ0n) is 17.3. The Bertz CT molecular complexity index is 1000. The summed E-state index contributed by atoms with van der Waals surface area (Å²) in [4.78, 5) is 66.1. The summed E-state index contributed by atoms with van der Waals surface area (Å²) in [5, 5.41) is 5.47. The van der Waals surface area contributed by atoms with Crippen LogP contribution >= 0.6 is 0 Å². The standard InChI is InChI=1S/C21H23N7O4/c29-18-15(4-2-6-25-18)26-19(30)17-13-27(21(32)16-12-23-7-8-24-16)9-10-28(17)20(31)14-3-1-5-22-11-14/h1,3,5,7-8,11-12,15,17H,2,4,6,9-10,13H2,(H,25,29)(H,26,30)/t15-,17+/m0/s1. The van der Waals surface area contributed by atoms with Gasteiger partial charge in [-0.3, -0.25) is 29.1 Å². The van der Waals surface area contributed by atoms with E-state index in [1.54, 1.807) is 18.3 Å². The Balaban J connectivity index is 1.56. The molecular formula is C21H23N7O4. The number of carbonyl (C=O) groups excluding carboxylic acids is 4. The van der Waals surface area contributed by atoms with Crippen molar-refractivity contribution in [1.82, 2.24) is 35.4 Å². The number of pyridine rings is 1. The van der Waals surface area contributed by atoms with E-state index in [9.17, 15) is 19.2 Å². The molecule has 4 amide bonds. The van der Waals surface area contributed by atoms with E-state index < -0.39 is 18.0 Å². The third-order valence-electron chi connectivity index (χ3n) is 5.52. The highest BCUT2D eigenvalue weighted by molar-refractivity contribution is 5.99. The molecule has 0 spiro atoms. The van der Waals surface area contributed by atoms with Gasteiger partial charge < -0.3 is 20.4 Å². The number of hydrogen-bond acceptors (Lipinski definition) is 7. The molecule has 11 heteroatoms. The van der Waals surface area contributed by atoms with E-state index in [2.05, 4.69) is 25.6 Å². The molecule has 2 aliphatic heterocycles. The topological polar surface area (TPSA) is 137 Å². The summed E-state index contributed by atoms with van der Waals surface area (Å²) < 4.78 is 0. The van der Waals surface area contributed by atoms with Crippen LogP contribution < -0.4 is 10.6 Å². The van der Waals surface area contributed by atoms with E-state index >= 15 is 0 Å². The molecule has 0 aliphatic carbocycles. The molecule has 4 rings (SSSR count). The number of amides is 4. The van der Waals surface area contributed by atoms with Gasteiger partial charge in [0, 0.05) is 44.4 Å². The smallest absolute Gasteiger partial charge is 0.274 e. The van der Waals surface area contributed by atoms with Gasteiger partial charge in [-0.25, -0.2) is 4.98 Å². The van der Waals surface area contributed by atoms with Crippen LogP contribution in [0.25, 0.3) is 0 Å². The molecule has 2 aromatic heterocycles. The number of hydrogen-bond donors (Lipinski definition) is 2. The van der Waals surface area contributed by atoms with Gasteiger partial charge in [-0.05, 0) is 25.0 Å². The summed E-state index contributed by atoms with van der Waals surface area (Å²) in [5.74, 6) is -1.48. The van der Waals surface area contributed by atoms with Crippen LogP contribution in [0.15, 0.2) is 43.1 Å². The normalized spacial score (nSPS) is 20.9. The number of piperazine rings is 1. The zero-order valence-corrected chi connectivity index (χ0v) is 17.3. The first-order valence-corrected chi connectivity index (χ1v) is 10.4. The van der Waals surface area contributed by atoms with Gasteiger partial charge in [0.25, 0.3) is 11.8 Å². The van der Waals surface area contributed by atoms with Gasteiger partial charge in [0.05, 0.1) is 18.3 Å². The lowest BCUT2D eigenvalue weighted by Crippen LogP contribution is -2.63. The second-order valence-corrected chi connectivity index (χ2v) is 7.59. The zero-order chi connectivity index (χ0) is 22.5. The Morgan fingerprint density at radius 3 is 2.62 bits per heavy atom. The second kappa shape index (κ2) is 9.50. The van der Waals surface area contributed by atoms with Crippen molar-refractivity contribution < 1.29 is 19.2 Å². The molecule has 0 unspecified atom stereocenters. The van der Waals surface area contributed by atoms with Gasteiger partial charge in [-0.15, -0.1) is 0 Å². The molecule has 4 heterocycles. The van der Waals surface area contributed by atoms with Gasteiger partial charge in [0.15, 0.2) is 0 Å². The number of aromatic nitrogens is 3. The molecule has 2 fully saturated rings. The van der Waals surface area contributed by atoms with Crippen molar-refractivity contribution in [2.45, 2.75) is 24.9 Å². The minimum Gasteiger partial charge on any atom is -0.354 e. The molecule has 2 N–H and O–H groups in total. The summed E-state index contributed by atoms with van der Waals surface area (Å²) in [5.41, 5.74) is 0.500. The summed E-state index contributed by atoms with van der Waals surface area (Å²) in [7, 11) is 0. The molecule has 2 aliphatic rings. The lowest BCUT2D eigenvalue weighted by Gasteiger charge is -2.41. The molecule has 11 nitrogen and oxygen atoms in total. The van der Waals surface area contributed by atoms with Crippen LogP contribution in [0, 0.1) is 0 Å². The number of piperidine rings is 1. The fraction of sp³-hybridized carbons (Fsp3) is 0.381. The Hall–Kier alpha value is -3.89. The average Bonchev–Trinajstić information content (AvgIpc) is 2.85. The SMILES string of the molecule is O=C1NCCC[C@@H]1NC(=O)[C@H]1CN(C(=O)c2cnccn2)CCN1C(=O)c1cccnc1. The van der Waals surface area contributed by atoms with Crippen molar-refractivity contribution in [1.29, 1.82) is 0 Å². The van der Waals surface area contributed by atoms with E-state index in [1.807, 2.05) is 0 Å². The van der Waals surface area contributed by atoms with Crippen molar-refractivity contribution >= 4 is 23.6 Å². The lowest BCUT2D eigenvalue weighted by atomic mass is 10.0. The number of nitrogens with zero attached hydrogens (tertiary/aromatic N) is 5. The first-order valence-electron chi connectivity index (χ1n) is 10.4. The molecule has 32 heavy (non-hydrogen) atoms. The Morgan fingerprint density at radius 1 is 1.06 bits per heavy atom. The van der Waals surface area contributed by atoms with Crippen LogP contribution in [-0.4, -0.2) is 86.6 Å². The fourth-order valence-corrected chi connectivity index (χ4v) is 3.84. The Kier molecular flexibility index (Phi) is 6.34. The maximum absolute atomic E-state index is 13.2. The van der Waals surface area contributed by atoms with Crippen molar-refractivity contribution in [2.75, 3.05) is 26.2 Å². The summed E-state index contributed by atoms with van der Waals surface area (Å²) in [6.45, 7) is 0.923. The molecule has 2 atom stereocenters. The predicted octanol–water partition coefficient (Wildman–Crippen LogP) is -0.767. The molecule has 2 saturated heterocycles. The highest BCUT2D eigenvalue weighted by Crippen LogP contribution is 2.17. The van der Waals surface area contributed by atoms with E-state index in [0.29, 0.717) is 18.5 Å². The van der Waals surface area contributed by atoms with E-state index in [4.69, 9.17) is 0 Å². The number of carbonyl (C=O) groups is 4. The summed E-state index contributed by atoms with van der Waals surface area (Å²) in [6, 6.07) is 1.63.